The minimum atomic E-state index is -1.00. The number of rotatable bonds is 5. The van der Waals surface area contributed by atoms with Gasteiger partial charge in [-0.2, -0.15) is 5.10 Å². The van der Waals surface area contributed by atoms with Crippen molar-refractivity contribution in [3.05, 3.63) is 29.2 Å². The van der Waals surface area contributed by atoms with Crippen molar-refractivity contribution in [3.8, 4) is 0 Å². The Kier molecular flexibility index (Phi) is 4.64. The van der Waals surface area contributed by atoms with Crippen LogP contribution >= 0.6 is 0 Å². The van der Waals surface area contributed by atoms with Gasteiger partial charge in [0.1, 0.15) is 0 Å². The molecule has 1 aliphatic rings. The summed E-state index contributed by atoms with van der Waals surface area (Å²) in [6, 6.07) is 3.72. The van der Waals surface area contributed by atoms with E-state index in [4.69, 9.17) is 0 Å². The minimum absolute atomic E-state index is 0.0665. The van der Waals surface area contributed by atoms with E-state index in [2.05, 4.69) is 30.0 Å². The summed E-state index contributed by atoms with van der Waals surface area (Å²) in [6.45, 7) is 4.29. The van der Waals surface area contributed by atoms with Gasteiger partial charge >= 0.3 is 5.97 Å². The van der Waals surface area contributed by atoms with Crippen molar-refractivity contribution >= 4 is 11.6 Å². The maximum atomic E-state index is 11.2. The van der Waals surface area contributed by atoms with Crippen LogP contribution in [0.15, 0.2) is 12.1 Å². The standard InChI is InChI=1S/C18H25N3O2/c1-3-12(2)16-10-14(9-13-7-5-4-6-8-13)19-17-11-15(18(22)23)20-21(16)17/h10-13H,3-9H2,1-2H3,(H,22,23). The highest BCUT2D eigenvalue weighted by atomic mass is 16.4. The van der Waals surface area contributed by atoms with Crippen LogP contribution in [0.3, 0.4) is 0 Å². The molecule has 1 N–H and O–H groups in total. The SMILES string of the molecule is CCC(C)c1cc(CC2CCCCC2)nc2cc(C(=O)O)nn12. The summed E-state index contributed by atoms with van der Waals surface area (Å²) in [7, 11) is 0. The van der Waals surface area contributed by atoms with Gasteiger partial charge in [-0.15, -0.1) is 0 Å². The fraction of sp³-hybridized carbons (Fsp3) is 0.611. The molecule has 1 saturated carbocycles. The molecule has 2 aromatic heterocycles. The van der Waals surface area contributed by atoms with Gasteiger partial charge in [0.2, 0.25) is 0 Å². The number of aromatic carboxylic acids is 1. The Balaban J connectivity index is 1.99. The van der Waals surface area contributed by atoms with Gasteiger partial charge in [0.25, 0.3) is 0 Å². The quantitative estimate of drug-likeness (QED) is 0.903. The number of carboxylic acids is 1. The molecule has 3 rings (SSSR count). The number of nitrogens with zero attached hydrogens (tertiary/aromatic N) is 3. The van der Waals surface area contributed by atoms with Gasteiger partial charge in [-0.05, 0) is 30.7 Å². The van der Waals surface area contributed by atoms with E-state index in [1.54, 1.807) is 10.6 Å². The average Bonchev–Trinajstić information content (AvgIpc) is 2.98. The lowest BCUT2D eigenvalue weighted by Crippen LogP contribution is -2.13. The molecule has 5 nitrogen and oxygen atoms in total. The maximum Gasteiger partial charge on any atom is 0.356 e. The Hall–Kier alpha value is -1.91. The molecule has 124 valence electrons. The average molecular weight is 315 g/mol. The van der Waals surface area contributed by atoms with Crippen molar-refractivity contribution in [1.82, 2.24) is 14.6 Å². The van der Waals surface area contributed by atoms with Gasteiger partial charge in [0.05, 0.1) is 0 Å². The Morgan fingerprint density at radius 1 is 1.35 bits per heavy atom. The fourth-order valence-electron chi connectivity index (χ4n) is 3.51. The summed E-state index contributed by atoms with van der Waals surface area (Å²) in [4.78, 5) is 15.9. The Morgan fingerprint density at radius 3 is 2.74 bits per heavy atom. The van der Waals surface area contributed by atoms with Crippen LogP contribution in [-0.4, -0.2) is 25.7 Å². The van der Waals surface area contributed by atoms with Crippen molar-refractivity contribution in [3.63, 3.8) is 0 Å². The van der Waals surface area contributed by atoms with Crippen LogP contribution in [0.25, 0.3) is 5.65 Å². The van der Waals surface area contributed by atoms with Crippen molar-refractivity contribution in [2.45, 2.75) is 64.7 Å². The highest BCUT2D eigenvalue weighted by Crippen LogP contribution is 2.28. The fourth-order valence-corrected chi connectivity index (χ4v) is 3.51. The molecule has 23 heavy (non-hydrogen) atoms. The normalized spacial score (nSPS) is 17.5. The number of hydrogen-bond acceptors (Lipinski definition) is 3. The summed E-state index contributed by atoms with van der Waals surface area (Å²) in [5.74, 6) is 0.0388. The zero-order valence-corrected chi connectivity index (χ0v) is 14.0. The molecule has 0 saturated heterocycles. The van der Waals surface area contributed by atoms with E-state index in [0.717, 1.165) is 24.2 Å². The first-order valence-corrected chi connectivity index (χ1v) is 8.71. The van der Waals surface area contributed by atoms with Crippen molar-refractivity contribution in [2.24, 2.45) is 5.92 Å². The second-order valence-corrected chi connectivity index (χ2v) is 6.79. The molecule has 0 amide bonds. The zero-order valence-electron chi connectivity index (χ0n) is 14.0. The molecular weight excluding hydrogens is 290 g/mol. The monoisotopic (exact) mass is 315 g/mol. The lowest BCUT2D eigenvalue weighted by Gasteiger charge is -2.21. The third kappa shape index (κ3) is 3.38. The van der Waals surface area contributed by atoms with E-state index in [1.807, 2.05) is 0 Å². The van der Waals surface area contributed by atoms with Crippen molar-refractivity contribution in [2.75, 3.05) is 0 Å². The molecule has 2 aromatic rings. The Labute approximate surface area is 136 Å². The first kappa shape index (κ1) is 16.0. The molecule has 1 fully saturated rings. The highest BCUT2D eigenvalue weighted by molar-refractivity contribution is 5.86. The molecule has 0 aromatic carbocycles. The smallest absolute Gasteiger partial charge is 0.356 e. The van der Waals surface area contributed by atoms with Crippen LogP contribution in [0.4, 0.5) is 0 Å². The van der Waals surface area contributed by atoms with E-state index >= 15 is 0 Å². The number of carboxylic acid groups (broad SMARTS) is 1. The van der Waals surface area contributed by atoms with Gasteiger partial charge in [-0.1, -0.05) is 46.0 Å². The van der Waals surface area contributed by atoms with Crippen LogP contribution in [0, 0.1) is 5.92 Å². The van der Waals surface area contributed by atoms with Crippen LogP contribution < -0.4 is 0 Å². The largest absolute Gasteiger partial charge is 0.476 e. The minimum Gasteiger partial charge on any atom is -0.476 e. The number of aromatic nitrogens is 3. The molecule has 1 aliphatic carbocycles. The van der Waals surface area contributed by atoms with Gasteiger partial charge < -0.3 is 5.11 Å². The van der Waals surface area contributed by atoms with Crippen LogP contribution in [-0.2, 0) is 6.42 Å². The summed E-state index contributed by atoms with van der Waals surface area (Å²) in [5, 5.41) is 13.4. The molecule has 2 heterocycles. The second kappa shape index (κ2) is 6.69. The van der Waals surface area contributed by atoms with E-state index in [1.165, 1.54) is 32.1 Å². The van der Waals surface area contributed by atoms with E-state index in [0.29, 0.717) is 17.5 Å². The molecular formula is C18H25N3O2. The third-order valence-electron chi connectivity index (χ3n) is 5.07. The molecule has 1 unspecified atom stereocenters. The van der Waals surface area contributed by atoms with Crippen LogP contribution in [0.1, 0.15) is 80.2 Å². The van der Waals surface area contributed by atoms with Gasteiger partial charge in [0, 0.05) is 17.5 Å². The van der Waals surface area contributed by atoms with Gasteiger partial charge in [-0.25, -0.2) is 14.3 Å². The first-order chi connectivity index (χ1) is 11.1. The topological polar surface area (TPSA) is 67.5 Å². The summed E-state index contributed by atoms with van der Waals surface area (Å²) < 4.78 is 1.71. The molecule has 0 radical (unpaired) electrons. The molecule has 1 atom stereocenters. The van der Waals surface area contributed by atoms with Crippen LogP contribution in [0.2, 0.25) is 0 Å². The molecule has 0 aliphatic heterocycles. The molecule has 0 spiro atoms. The highest BCUT2D eigenvalue weighted by Gasteiger charge is 2.19. The van der Waals surface area contributed by atoms with Crippen molar-refractivity contribution < 1.29 is 9.90 Å². The third-order valence-corrected chi connectivity index (χ3v) is 5.07. The lowest BCUT2D eigenvalue weighted by molar-refractivity contribution is 0.0690. The van der Waals surface area contributed by atoms with E-state index in [-0.39, 0.29) is 5.69 Å². The Bertz CT molecular complexity index is 702. The maximum absolute atomic E-state index is 11.2. The second-order valence-electron chi connectivity index (χ2n) is 6.79. The summed E-state index contributed by atoms with van der Waals surface area (Å²) in [5.41, 5.74) is 2.87. The first-order valence-electron chi connectivity index (χ1n) is 8.71. The summed E-state index contributed by atoms with van der Waals surface area (Å²) >= 11 is 0. The Morgan fingerprint density at radius 2 is 2.09 bits per heavy atom. The van der Waals surface area contributed by atoms with Crippen LogP contribution in [0.5, 0.6) is 0 Å². The van der Waals surface area contributed by atoms with Crippen molar-refractivity contribution in [1.29, 1.82) is 0 Å². The number of hydrogen-bond donors (Lipinski definition) is 1. The lowest BCUT2D eigenvalue weighted by atomic mass is 9.86. The van der Waals surface area contributed by atoms with Gasteiger partial charge in [0.15, 0.2) is 11.3 Å². The predicted octanol–water partition coefficient (Wildman–Crippen LogP) is 4.06. The zero-order chi connectivity index (χ0) is 16.4. The summed E-state index contributed by atoms with van der Waals surface area (Å²) in [6.07, 6.45) is 8.54. The predicted molar refractivity (Wildman–Crippen MR) is 88.9 cm³/mol. The van der Waals surface area contributed by atoms with Gasteiger partial charge in [-0.3, -0.25) is 0 Å². The number of fused-ring (bicyclic) bond motifs is 1. The molecule has 0 bridgehead atoms. The molecule has 5 heteroatoms. The number of carbonyl (C=O) groups is 1. The van der Waals surface area contributed by atoms with E-state index in [9.17, 15) is 9.90 Å². The van der Waals surface area contributed by atoms with E-state index < -0.39 is 5.97 Å².